The van der Waals surface area contributed by atoms with Crippen LogP contribution in [0.3, 0.4) is 0 Å². The summed E-state index contributed by atoms with van der Waals surface area (Å²) in [6, 6.07) is 19.8. The van der Waals surface area contributed by atoms with Crippen molar-refractivity contribution < 1.29 is 4.21 Å². The molecule has 0 bridgehead atoms. The van der Waals surface area contributed by atoms with E-state index in [2.05, 4.69) is 10.0 Å². The van der Waals surface area contributed by atoms with E-state index in [1.54, 1.807) is 7.05 Å². The third-order valence-electron chi connectivity index (χ3n) is 5.49. The van der Waals surface area contributed by atoms with Crippen LogP contribution in [0.1, 0.15) is 31.9 Å². The summed E-state index contributed by atoms with van der Waals surface area (Å²) in [7, 11) is -1.80. The summed E-state index contributed by atoms with van der Waals surface area (Å²) >= 11 is 5.66. The first-order valence-corrected chi connectivity index (χ1v) is 11.7. The second-order valence-corrected chi connectivity index (χ2v) is 12.1. The van der Waals surface area contributed by atoms with Gasteiger partial charge in [0, 0.05) is 20.3 Å². The van der Waals surface area contributed by atoms with Gasteiger partial charge in [-0.25, -0.2) is 4.99 Å². The van der Waals surface area contributed by atoms with Crippen molar-refractivity contribution in [1.82, 2.24) is 10.0 Å². The molecular weight excluding hydrogens is 374 g/mol. The van der Waals surface area contributed by atoms with Crippen molar-refractivity contribution in [2.45, 2.75) is 37.3 Å². The summed E-state index contributed by atoms with van der Waals surface area (Å²) in [6.45, 7) is 5.92. The highest BCUT2D eigenvalue weighted by molar-refractivity contribution is 8.30. The molecule has 4 nitrogen and oxygen atoms in total. The molecule has 0 saturated heterocycles. The molecule has 6 heteroatoms. The fourth-order valence-corrected chi connectivity index (χ4v) is 7.05. The number of nitrogens with zero attached hydrogens (tertiary/aromatic N) is 1. The molecule has 1 aliphatic rings. The molecule has 0 saturated carbocycles. The molecule has 1 unspecified atom stereocenters. The summed E-state index contributed by atoms with van der Waals surface area (Å²) in [5, 5.41) is 3.53. The van der Waals surface area contributed by atoms with Gasteiger partial charge in [-0.15, -0.1) is 0 Å². The Kier molecular flexibility index (Phi) is 5.10. The molecule has 0 amide bonds. The van der Waals surface area contributed by atoms with Crippen LogP contribution >= 0.6 is 12.2 Å². The molecule has 1 heterocycles. The third kappa shape index (κ3) is 3.16. The lowest BCUT2D eigenvalue weighted by molar-refractivity contribution is 0.644. The number of aliphatic imine (C=N–C) groups is 1. The van der Waals surface area contributed by atoms with Crippen LogP contribution in [0.25, 0.3) is 0 Å². The molecule has 0 aliphatic carbocycles. The van der Waals surface area contributed by atoms with Crippen molar-refractivity contribution in [3.8, 4) is 0 Å². The smallest absolute Gasteiger partial charge is 0.185 e. The molecule has 2 aromatic rings. The second-order valence-electron chi connectivity index (χ2n) is 7.37. The van der Waals surface area contributed by atoms with E-state index >= 15 is 0 Å². The SMILES string of the molecule is CNS(=O)(Cc1ccccc1)(C1=NC(C)(c2ccccc2)C(=S)N1)C(C)C. The Balaban J connectivity index is 2.16. The number of rotatable bonds is 5. The van der Waals surface area contributed by atoms with E-state index in [1.165, 1.54) is 0 Å². The summed E-state index contributed by atoms with van der Waals surface area (Å²) in [5.41, 5.74) is 1.26. The van der Waals surface area contributed by atoms with Gasteiger partial charge in [-0.1, -0.05) is 86.7 Å². The van der Waals surface area contributed by atoms with Crippen molar-refractivity contribution in [1.29, 1.82) is 0 Å². The van der Waals surface area contributed by atoms with Gasteiger partial charge in [0.1, 0.15) is 10.5 Å². The van der Waals surface area contributed by atoms with Gasteiger partial charge < -0.3 is 5.32 Å². The van der Waals surface area contributed by atoms with E-state index < -0.39 is 14.8 Å². The van der Waals surface area contributed by atoms with Crippen LogP contribution in [0.4, 0.5) is 0 Å². The third-order valence-corrected chi connectivity index (χ3v) is 10.8. The number of nitrogens with one attached hydrogen (secondary N) is 2. The predicted molar refractivity (Wildman–Crippen MR) is 119 cm³/mol. The zero-order valence-corrected chi connectivity index (χ0v) is 17.9. The minimum absolute atomic E-state index is 0.167. The van der Waals surface area contributed by atoms with E-state index in [9.17, 15) is 4.21 Å². The second kappa shape index (κ2) is 6.93. The van der Waals surface area contributed by atoms with Crippen LogP contribution in [-0.4, -0.2) is 26.7 Å². The van der Waals surface area contributed by atoms with Crippen LogP contribution < -0.4 is 10.0 Å². The molecule has 0 aromatic heterocycles. The lowest BCUT2D eigenvalue weighted by atomic mass is 9.93. The molecule has 2 aromatic carbocycles. The first-order chi connectivity index (χ1) is 12.7. The van der Waals surface area contributed by atoms with E-state index in [4.69, 9.17) is 17.2 Å². The fraction of sp³-hybridized carbons (Fsp3) is 0.333. The average molecular weight is 402 g/mol. The first-order valence-electron chi connectivity index (χ1n) is 9.08. The quantitative estimate of drug-likeness (QED) is 0.750. The van der Waals surface area contributed by atoms with Gasteiger partial charge in [0.2, 0.25) is 0 Å². The van der Waals surface area contributed by atoms with Gasteiger partial charge >= 0.3 is 0 Å². The van der Waals surface area contributed by atoms with Gasteiger partial charge in [0.15, 0.2) is 5.17 Å². The van der Waals surface area contributed by atoms with Crippen LogP contribution in [0.5, 0.6) is 0 Å². The van der Waals surface area contributed by atoms with Gasteiger partial charge in [0.25, 0.3) is 0 Å². The highest BCUT2D eigenvalue weighted by Crippen LogP contribution is 2.39. The Labute approximate surface area is 167 Å². The topological polar surface area (TPSA) is 53.5 Å². The molecule has 144 valence electrons. The fourth-order valence-electron chi connectivity index (χ4n) is 3.44. The Hall–Kier alpha value is -1.89. The Morgan fingerprint density at radius 3 is 2.19 bits per heavy atom. The zero-order valence-electron chi connectivity index (χ0n) is 16.2. The molecule has 0 fully saturated rings. The summed E-state index contributed by atoms with van der Waals surface area (Å²) in [4.78, 5) is 5.52. The molecule has 1 aliphatic heterocycles. The number of thiocarbonyl (C=S) groups is 1. The molecule has 0 radical (unpaired) electrons. The highest BCUT2D eigenvalue weighted by atomic mass is 32.3. The van der Waals surface area contributed by atoms with Crippen molar-refractivity contribution in [3.63, 3.8) is 0 Å². The van der Waals surface area contributed by atoms with Gasteiger partial charge in [-0.05, 0) is 25.1 Å². The number of benzene rings is 2. The largest absolute Gasteiger partial charge is 0.325 e. The van der Waals surface area contributed by atoms with Crippen molar-refractivity contribution in [2.24, 2.45) is 4.99 Å². The average Bonchev–Trinajstić information content (AvgIpc) is 3.00. The van der Waals surface area contributed by atoms with E-state index in [1.807, 2.05) is 81.4 Å². The predicted octanol–water partition coefficient (Wildman–Crippen LogP) is 3.75. The van der Waals surface area contributed by atoms with Gasteiger partial charge in [-0.3, -0.25) is 8.93 Å². The monoisotopic (exact) mass is 401 g/mol. The molecule has 3 rings (SSSR count). The Morgan fingerprint density at radius 2 is 1.67 bits per heavy atom. The molecule has 1 atom stereocenters. The van der Waals surface area contributed by atoms with Crippen LogP contribution in [0.2, 0.25) is 0 Å². The highest BCUT2D eigenvalue weighted by Gasteiger charge is 2.51. The summed E-state index contributed by atoms with van der Waals surface area (Å²) in [6.07, 6.45) is 0. The van der Waals surface area contributed by atoms with E-state index in [0.717, 1.165) is 11.1 Å². The first kappa shape index (κ1) is 19.9. The summed E-state index contributed by atoms with van der Waals surface area (Å²) < 4.78 is 17.9. The van der Waals surface area contributed by atoms with Crippen LogP contribution in [0.15, 0.2) is 65.7 Å². The number of hydrogen-bond acceptors (Lipinski definition) is 3. The summed E-state index contributed by atoms with van der Waals surface area (Å²) in [5.74, 6) is 0.367. The molecule has 0 spiro atoms. The van der Waals surface area contributed by atoms with Gasteiger partial charge in [0.05, 0.1) is 0 Å². The lowest BCUT2D eigenvalue weighted by Gasteiger charge is -2.45. The van der Waals surface area contributed by atoms with Gasteiger partial charge in [-0.2, -0.15) is 0 Å². The van der Waals surface area contributed by atoms with Crippen molar-refractivity contribution in [2.75, 3.05) is 7.05 Å². The maximum atomic E-state index is 14.7. The molecular formula is C21H27N3OS2. The Bertz CT molecular complexity index is 940. The molecule has 27 heavy (non-hydrogen) atoms. The number of amidine groups is 1. The Morgan fingerprint density at radius 1 is 1.11 bits per heavy atom. The molecule has 2 N–H and O–H groups in total. The minimum Gasteiger partial charge on any atom is -0.325 e. The maximum Gasteiger partial charge on any atom is 0.185 e. The van der Waals surface area contributed by atoms with E-state index in [0.29, 0.717) is 15.9 Å². The van der Waals surface area contributed by atoms with Crippen molar-refractivity contribution in [3.05, 3.63) is 71.8 Å². The van der Waals surface area contributed by atoms with Crippen LogP contribution in [0, 0.1) is 0 Å². The van der Waals surface area contributed by atoms with E-state index in [-0.39, 0.29) is 5.25 Å². The normalized spacial score (nSPS) is 21.4. The maximum absolute atomic E-state index is 14.7. The van der Waals surface area contributed by atoms with Crippen molar-refractivity contribution >= 4 is 31.6 Å². The standard InChI is InChI=1S/C21H27N3OS2/c1-16(2)27(25,22-4,15-17-11-7-5-8-12-17)20-23-19(26)21(3,24-20)18-13-9-6-10-14-18/h5-14,16H,15H2,1-4H3,(H,22,25)(H,23,24,26). The number of hydrogen-bond donors (Lipinski definition) is 2. The zero-order chi connectivity index (χ0) is 19.7. The van der Waals surface area contributed by atoms with Crippen LogP contribution in [-0.2, 0) is 20.5 Å². The lowest BCUT2D eigenvalue weighted by Crippen LogP contribution is -2.62. The minimum atomic E-state index is -3.56.